The topological polar surface area (TPSA) is 163 Å². The van der Waals surface area contributed by atoms with E-state index in [0.29, 0.717) is 6.42 Å². The minimum atomic E-state index is -3.95. The van der Waals surface area contributed by atoms with E-state index in [9.17, 15) is 14.2 Å². The highest BCUT2D eigenvalue weighted by Gasteiger charge is 2.64. The van der Waals surface area contributed by atoms with Crippen LogP contribution in [0.2, 0.25) is 0 Å². The first-order chi connectivity index (χ1) is 15.8. The normalized spacial score (nSPS) is 35.6. The van der Waals surface area contributed by atoms with Gasteiger partial charge in [0.05, 0.1) is 19.3 Å². The molecule has 0 saturated carbocycles. The van der Waals surface area contributed by atoms with Gasteiger partial charge in [-0.15, -0.1) is 0 Å². The van der Waals surface area contributed by atoms with Gasteiger partial charge in [0, 0.05) is 25.0 Å². The highest BCUT2D eigenvalue weighted by molar-refractivity contribution is 7.48. The Balaban J connectivity index is 1.34. The zero-order valence-electron chi connectivity index (χ0n) is 17.4. The zero-order valence-corrected chi connectivity index (χ0v) is 18.3. The van der Waals surface area contributed by atoms with E-state index in [0.717, 1.165) is 10.1 Å². The van der Waals surface area contributed by atoms with Crippen LogP contribution in [-0.4, -0.2) is 51.7 Å². The summed E-state index contributed by atoms with van der Waals surface area (Å²) in [5.74, 6) is 0.0314. The van der Waals surface area contributed by atoms with E-state index in [1.807, 2.05) is 0 Å². The van der Waals surface area contributed by atoms with E-state index in [4.69, 9.17) is 33.5 Å². The summed E-state index contributed by atoms with van der Waals surface area (Å²) >= 11 is 0. The van der Waals surface area contributed by atoms with Crippen LogP contribution in [0, 0.1) is 0 Å². The number of hydrogen-bond donors (Lipinski definition) is 1. The molecule has 0 aliphatic carbocycles. The van der Waals surface area contributed by atoms with Crippen LogP contribution in [0.4, 0.5) is 10.6 Å². The average Bonchev–Trinajstić information content (AvgIpc) is 3.23. The third-order valence-corrected chi connectivity index (χ3v) is 7.16. The monoisotopic (exact) mass is 480 g/mol. The summed E-state index contributed by atoms with van der Waals surface area (Å²) in [6.45, 7) is 1.40. The molecule has 13 nitrogen and oxygen atoms in total. The molecule has 0 radical (unpaired) electrons. The number of fused-ring (bicyclic) bond motifs is 1. The van der Waals surface area contributed by atoms with E-state index in [1.54, 1.807) is 31.5 Å². The Labute approximate surface area is 187 Å². The van der Waals surface area contributed by atoms with Gasteiger partial charge in [0.2, 0.25) is 0 Å². The van der Waals surface area contributed by atoms with Crippen molar-refractivity contribution in [3.8, 4) is 0 Å². The smallest absolute Gasteiger partial charge is 0.424 e. The maximum Gasteiger partial charge on any atom is 0.509 e. The zero-order chi connectivity index (χ0) is 23.2. The molecule has 0 amide bonds. The fraction of sp³-hybridized carbons (Fsp3) is 0.474. The van der Waals surface area contributed by atoms with Gasteiger partial charge in [0.1, 0.15) is 11.9 Å². The molecule has 2 N–H and O–H groups in total. The van der Waals surface area contributed by atoms with E-state index in [1.165, 1.54) is 12.3 Å². The van der Waals surface area contributed by atoms with Gasteiger partial charge in [0.15, 0.2) is 17.9 Å². The minimum Gasteiger partial charge on any atom is -0.424 e. The van der Waals surface area contributed by atoms with Gasteiger partial charge in [-0.3, -0.25) is 23.1 Å². The van der Waals surface area contributed by atoms with Crippen molar-refractivity contribution in [2.24, 2.45) is 0 Å². The molecule has 2 aromatic rings. The highest BCUT2D eigenvalue weighted by Crippen LogP contribution is 2.57. The number of phosphoric ester groups is 1. The molecule has 3 aliphatic rings. The van der Waals surface area contributed by atoms with Crippen LogP contribution in [-0.2, 0) is 32.3 Å². The molecule has 5 rings (SSSR count). The van der Waals surface area contributed by atoms with Crippen molar-refractivity contribution in [3.05, 3.63) is 52.8 Å². The number of anilines is 1. The van der Waals surface area contributed by atoms with Crippen molar-refractivity contribution in [2.45, 2.75) is 43.5 Å². The van der Waals surface area contributed by atoms with E-state index in [-0.39, 0.29) is 19.0 Å². The fourth-order valence-corrected chi connectivity index (χ4v) is 5.51. The summed E-state index contributed by atoms with van der Waals surface area (Å²) in [5, 5.41) is 0. The van der Waals surface area contributed by atoms with Gasteiger partial charge >= 0.3 is 19.7 Å². The molecule has 3 aliphatic heterocycles. The summed E-state index contributed by atoms with van der Waals surface area (Å²) in [7, 11) is -3.95. The maximum absolute atomic E-state index is 13.1. The number of hydrogen-bond acceptors (Lipinski definition) is 12. The highest BCUT2D eigenvalue weighted by atomic mass is 31.2. The summed E-state index contributed by atoms with van der Waals surface area (Å²) in [6, 6.07) is 4.92. The molecular weight excluding hydrogens is 459 g/mol. The number of nitrogens with two attached hydrogens (primary N) is 1. The fourth-order valence-electron chi connectivity index (χ4n) is 4.11. The summed E-state index contributed by atoms with van der Waals surface area (Å²) in [5.41, 5.74) is 4.28. The predicted molar refractivity (Wildman–Crippen MR) is 109 cm³/mol. The Morgan fingerprint density at radius 1 is 1.30 bits per heavy atom. The molecular formula is C19H21N4O9P. The SMILES string of the molecule is C[C@@]12OC(=O)O[C@@H]1[C@@H](COP1(=O)OCC[C@@H](c3ccncc3)O1)O[C@H]2n1ccc(N)nc1=O. The van der Waals surface area contributed by atoms with Crippen molar-refractivity contribution >= 4 is 19.8 Å². The third-order valence-electron chi connectivity index (χ3n) is 5.69. The van der Waals surface area contributed by atoms with Crippen molar-refractivity contribution in [3.63, 3.8) is 0 Å². The van der Waals surface area contributed by atoms with Crippen LogP contribution in [0.5, 0.6) is 0 Å². The number of nitrogens with zero attached hydrogens (tertiary/aromatic N) is 3. The minimum absolute atomic E-state index is 0.0314. The molecule has 14 heteroatoms. The quantitative estimate of drug-likeness (QED) is 0.487. The number of rotatable bonds is 5. The molecule has 0 aromatic carbocycles. The molecule has 33 heavy (non-hydrogen) atoms. The number of carbonyl (C=O) groups excluding carboxylic acids is 1. The first-order valence-electron chi connectivity index (χ1n) is 10.1. The van der Waals surface area contributed by atoms with Gasteiger partial charge in [0.25, 0.3) is 0 Å². The van der Waals surface area contributed by atoms with Crippen molar-refractivity contribution in [2.75, 3.05) is 18.9 Å². The van der Waals surface area contributed by atoms with Gasteiger partial charge in [-0.25, -0.2) is 14.2 Å². The van der Waals surface area contributed by atoms with E-state index >= 15 is 0 Å². The Hall–Kier alpha value is -2.83. The van der Waals surface area contributed by atoms with E-state index < -0.39 is 49.8 Å². The Bertz CT molecular complexity index is 1160. The van der Waals surface area contributed by atoms with Gasteiger partial charge in [-0.05, 0) is 30.7 Å². The lowest BCUT2D eigenvalue weighted by Gasteiger charge is -2.29. The van der Waals surface area contributed by atoms with Crippen molar-refractivity contribution < 1.29 is 37.1 Å². The molecule has 3 saturated heterocycles. The van der Waals surface area contributed by atoms with Crippen molar-refractivity contribution in [1.29, 1.82) is 0 Å². The lowest BCUT2D eigenvalue weighted by molar-refractivity contribution is -0.0959. The van der Waals surface area contributed by atoms with Gasteiger partial charge in [-0.2, -0.15) is 4.98 Å². The van der Waals surface area contributed by atoms with Crippen LogP contribution in [0.25, 0.3) is 0 Å². The first-order valence-corrected chi connectivity index (χ1v) is 11.6. The largest absolute Gasteiger partial charge is 0.509 e. The Morgan fingerprint density at radius 3 is 2.85 bits per heavy atom. The number of carbonyl (C=O) groups is 1. The second-order valence-corrected chi connectivity index (χ2v) is 9.50. The molecule has 2 aromatic heterocycles. The van der Waals surface area contributed by atoms with Crippen molar-refractivity contribution in [1.82, 2.24) is 14.5 Å². The predicted octanol–water partition coefficient (Wildman–Crippen LogP) is 1.71. The third kappa shape index (κ3) is 4.02. The Morgan fingerprint density at radius 2 is 2.09 bits per heavy atom. The molecule has 5 heterocycles. The molecule has 0 bridgehead atoms. The number of pyridine rings is 1. The Kier molecular flexibility index (Phi) is 5.46. The van der Waals surface area contributed by atoms with Crippen LogP contribution >= 0.6 is 7.82 Å². The molecule has 1 unspecified atom stereocenters. The lowest BCUT2D eigenvalue weighted by Crippen LogP contribution is -2.44. The number of phosphoric acid groups is 1. The number of nitrogen functional groups attached to an aromatic ring is 1. The summed E-state index contributed by atoms with van der Waals surface area (Å²) in [6.07, 6.45) is 0.684. The molecule has 6 atom stereocenters. The molecule has 3 fully saturated rings. The second kappa shape index (κ2) is 8.19. The average molecular weight is 480 g/mol. The standard InChI is InChI=1S/C19H21N4O9P/c1-19-15(30-18(25)31-19)13(29-16(19)23-8-4-14(20)22-17(23)24)10-28-33(26)27-9-5-12(32-33)11-2-6-21-7-3-11/h2-4,6-8,12-13,15-16H,5,9-10H2,1H3,(H2,20,22,24)/t12-,13+,15+,16+,19+,33?/m0/s1. The van der Waals surface area contributed by atoms with Gasteiger partial charge < -0.3 is 19.9 Å². The van der Waals surface area contributed by atoms with Crippen LogP contribution < -0.4 is 11.4 Å². The first kappa shape index (κ1) is 22.0. The number of ether oxygens (including phenoxy) is 3. The van der Waals surface area contributed by atoms with E-state index in [2.05, 4.69) is 9.97 Å². The van der Waals surface area contributed by atoms with Crippen LogP contribution in [0.1, 0.15) is 31.2 Å². The van der Waals surface area contributed by atoms with Crippen LogP contribution in [0.3, 0.4) is 0 Å². The second-order valence-electron chi connectivity index (χ2n) is 7.88. The van der Waals surface area contributed by atoms with Crippen LogP contribution in [0.15, 0.2) is 41.6 Å². The lowest BCUT2D eigenvalue weighted by atomic mass is 9.96. The maximum atomic E-state index is 13.1. The molecule has 176 valence electrons. The van der Waals surface area contributed by atoms with Gasteiger partial charge in [-0.1, -0.05) is 0 Å². The summed E-state index contributed by atoms with van der Waals surface area (Å²) < 4.78 is 47.3. The molecule has 0 spiro atoms. The summed E-state index contributed by atoms with van der Waals surface area (Å²) in [4.78, 5) is 31.9. The number of aromatic nitrogens is 3.